The van der Waals surface area contributed by atoms with E-state index in [1.54, 1.807) is 18.6 Å². The summed E-state index contributed by atoms with van der Waals surface area (Å²) in [7, 11) is 1.91. The van der Waals surface area contributed by atoms with E-state index in [0.717, 1.165) is 58.6 Å². The molecule has 0 radical (unpaired) electrons. The summed E-state index contributed by atoms with van der Waals surface area (Å²) in [5, 5.41) is 16.7. The van der Waals surface area contributed by atoms with E-state index in [-0.39, 0.29) is 18.1 Å². The molecule has 0 unspecified atom stereocenters. The molecule has 1 saturated heterocycles. The number of amides is 1. The summed E-state index contributed by atoms with van der Waals surface area (Å²) in [6.45, 7) is 9.13. The zero-order valence-corrected chi connectivity index (χ0v) is 23.1. The predicted molar refractivity (Wildman–Crippen MR) is 154 cm³/mol. The lowest BCUT2D eigenvalue weighted by Gasteiger charge is -2.35. The van der Waals surface area contributed by atoms with Crippen LogP contribution in [-0.4, -0.2) is 78.6 Å². The van der Waals surface area contributed by atoms with Gasteiger partial charge in [-0.1, -0.05) is 6.07 Å². The molecule has 1 aliphatic heterocycles. The topological polar surface area (TPSA) is 114 Å². The van der Waals surface area contributed by atoms with Crippen LogP contribution in [0, 0.1) is 6.92 Å². The fraction of sp³-hybridized carbons (Fsp3) is 0.345. The number of fused-ring (bicyclic) bond motifs is 3. The van der Waals surface area contributed by atoms with Crippen molar-refractivity contribution >= 4 is 33.8 Å². The van der Waals surface area contributed by atoms with Crippen molar-refractivity contribution in [1.82, 2.24) is 39.6 Å². The van der Waals surface area contributed by atoms with E-state index in [2.05, 4.69) is 50.5 Å². The van der Waals surface area contributed by atoms with Crippen LogP contribution < -0.4 is 10.6 Å². The molecule has 11 heteroatoms. The van der Waals surface area contributed by atoms with Gasteiger partial charge in [-0.05, 0) is 39.0 Å². The number of anilines is 2. The van der Waals surface area contributed by atoms with Crippen molar-refractivity contribution in [3.8, 4) is 11.1 Å². The molecular formula is C29H33N9O2. The second-order valence-electron chi connectivity index (χ2n) is 10.4. The standard InChI is InChI=1S/C29H33N9O2/c1-18-15-37(16-19(2)40-18)9-8-31-29(39)22-10-25(20(3)32-13-22)34-28-24-14-33-38-17-23(21-6-5-7-30-12-21)11-26(38)27(24)36(4)35-28/h5-7,10-14,17-19H,8-9,15-16H2,1-4H3,(H,31,39)(H,34,35)/t18-,19-/m1/s1. The number of nitrogens with zero attached hydrogens (tertiary/aromatic N) is 7. The van der Waals surface area contributed by atoms with Crippen molar-refractivity contribution in [2.24, 2.45) is 7.05 Å². The van der Waals surface area contributed by atoms with Crippen molar-refractivity contribution in [3.05, 3.63) is 66.5 Å². The summed E-state index contributed by atoms with van der Waals surface area (Å²) in [5.41, 5.74) is 5.90. The molecule has 1 fully saturated rings. The number of aryl methyl sites for hydroxylation is 2. The Labute approximate surface area is 232 Å². The van der Waals surface area contributed by atoms with E-state index in [9.17, 15) is 4.79 Å². The van der Waals surface area contributed by atoms with Crippen molar-refractivity contribution < 1.29 is 9.53 Å². The smallest absolute Gasteiger partial charge is 0.252 e. The molecule has 0 bridgehead atoms. The van der Waals surface area contributed by atoms with Gasteiger partial charge in [0.15, 0.2) is 5.82 Å². The largest absolute Gasteiger partial charge is 0.373 e. The Morgan fingerprint density at radius 1 is 1.12 bits per heavy atom. The highest BCUT2D eigenvalue weighted by Gasteiger charge is 2.22. The predicted octanol–water partition coefficient (Wildman–Crippen LogP) is 3.57. The molecule has 6 rings (SSSR count). The van der Waals surface area contributed by atoms with Gasteiger partial charge in [0, 0.05) is 69.1 Å². The van der Waals surface area contributed by atoms with Gasteiger partial charge < -0.3 is 15.4 Å². The number of nitrogens with one attached hydrogen (secondary N) is 2. The Morgan fingerprint density at radius 2 is 1.95 bits per heavy atom. The monoisotopic (exact) mass is 539 g/mol. The maximum absolute atomic E-state index is 13.0. The maximum Gasteiger partial charge on any atom is 0.252 e. The summed E-state index contributed by atoms with van der Waals surface area (Å²) < 4.78 is 9.49. The van der Waals surface area contributed by atoms with Gasteiger partial charge in [-0.25, -0.2) is 4.52 Å². The van der Waals surface area contributed by atoms with Crippen LogP contribution in [0.15, 0.2) is 55.2 Å². The molecule has 1 amide bonds. The number of carbonyl (C=O) groups excluding carboxylic acids is 1. The van der Waals surface area contributed by atoms with E-state index < -0.39 is 0 Å². The summed E-state index contributed by atoms with van der Waals surface area (Å²) in [5.74, 6) is 0.491. The molecule has 2 N–H and O–H groups in total. The van der Waals surface area contributed by atoms with Crippen LogP contribution in [0.5, 0.6) is 0 Å². The molecule has 1 aliphatic rings. The van der Waals surface area contributed by atoms with Crippen molar-refractivity contribution in [1.29, 1.82) is 0 Å². The third-order valence-electron chi connectivity index (χ3n) is 7.24. The molecule has 0 aromatic carbocycles. The molecule has 5 aromatic heterocycles. The van der Waals surface area contributed by atoms with Crippen molar-refractivity contribution in [2.75, 3.05) is 31.5 Å². The lowest BCUT2D eigenvalue weighted by molar-refractivity contribution is -0.0672. The van der Waals surface area contributed by atoms with Crippen molar-refractivity contribution in [3.63, 3.8) is 0 Å². The van der Waals surface area contributed by atoms with Crippen LogP contribution in [0.3, 0.4) is 0 Å². The quantitative estimate of drug-likeness (QED) is 0.323. The summed E-state index contributed by atoms with van der Waals surface area (Å²) >= 11 is 0. The van der Waals surface area contributed by atoms with E-state index >= 15 is 0 Å². The Kier molecular flexibility index (Phi) is 6.91. The highest BCUT2D eigenvalue weighted by molar-refractivity contribution is 6.01. The zero-order chi connectivity index (χ0) is 27.8. The highest BCUT2D eigenvalue weighted by Crippen LogP contribution is 2.31. The molecular weight excluding hydrogens is 506 g/mol. The van der Waals surface area contributed by atoms with E-state index in [0.29, 0.717) is 17.9 Å². The minimum Gasteiger partial charge on any atom is -0.373 e. The third kappa shape index (κ3) is 5.13. The normalized spacial score (nSPS) is 17.9. The second-order valence-corrected chi connectivity index (χ2v) is 10.4. The molecule has 5 aromatic rings. The Balaban J connectivity index is 1.21. The molecule has 0 spiro atoms. The average Bonchev–Trinajstić information content (AvgIpc) is 3.50. The molecule has 2 atom stereocenters. The lowest BCUT2D eigenvalue weighted by atomic mass is 10.1. The van der Waals surface area contributed by atoms with Gasteiger partial charge >= 0.3 is 0 Å². The first-order valence-corrected chi connectivity index (χ1v) is 13.5. The fourth-order valence-electron chi connectivity index (χ4n) is 5.40. The fourth-order valence-corrected chi connectivity index (χ4v) is 5.40. The summed E-state index contributed by atoms with van der Waals surface area (Å²) in [4.78, 5) is 24.0. The molecule has 0 aliphatic carbocycles. The Hall–Kier alpha value is -4.35. The molecule has 11 nitrogen and oxygen atoms in total. The number of hydrogen-bond donors (Lipinski definition) is 2. The highest BCUT2D eigenvalue weighted by atomic mass is 16.5. The first-order valence-electron chi connectivity index (χ1n) is 13.5. The lowest BCUT2D eigenvalue weighted by Crippen LogP contribution is -2.47. The number of aromatic nitrogens is 6. The van der Waals surface area contributed by atoms with Gasteiger partial charge in [-0.2, -0.15) is 10.2 Å². The Morgan fingerprint density at radius 3 is 2.73 bits per heavy atom. The number of rotatable bonds is 7. The third-order valence-corrected chi connectivity index (χ3v) is 7.24. The minimum atomic E-state index is -0.157. The number of hydrogen-bond acceptors (Lipinski definition) is 8. The summed E-state index contributed by atoms with van der Waals surface area (Å²) in [6.07, 6.45) is 9.39. The van der Waals surface area contributed by atoms with Crippen LogP contribution in [0.4, 0.5) is 11.5 Å². The van der Waals surface area contributed by atoms with Crippen LogP contribution in [0.25, 0.3) is 27.5 Å². The zero-order valence-electron chi connectivity index (χ0n) is 23.1. The van der Waals surface area contributed by atoms with Gasteiger partial charge in [0.2, 0.25) is 0 Å². The van der Waals surface area contributed by atoms with Gasteiger partial charge in [0.25, 0.3) is 5.91 Å². The number of carbonyl (C=O) groups is 1. The first-order chi connectivity index (χ1) is 19.4. The van der Waals surface area contributed by atoms with Gasteiger partial charge in [0.1, 0.15) is 0 Å². The van der Waals surface area contributed by atoms with E-state index in [1.165, 1.54) is 0 Å². The van der Waals surface area contributed by atoms with Crippen LogP contribution in [0.2, 0.25) is 0 Å². The number of ether oxygens (including phenoxy) is 1. The maximum atomic E-state index is 13.0. The second kappa shape index (κ2) is 10.7. The van der Waals surface area contributed by atoms with Gasteiger partial charge in [-0.15, -0.1) is 0 Å². The van der Waals surface area contributed by atoms with Gasteiger partial charge in [-0.3, -0.25) is 24.3 Å². The molecule has 6 heterocycles. The average molecular weight is 540 g/mol. The molecule has 40 heavy (non-hydrogen) atoms. The van der Waals surface area contributed by atoms with Crippen LogP contribution in [0.1, 0.15) is 29.9 Å². The number of pyridine rings is 2. The molecule has 206 valence electrons. The van der Waals surface area contributed by atoms with Crippen LogP contribution >= 0.6 is 0 Å². The van der Waals surface area contributed by atoms with Crippen molar-refractivity contribution in [2.45, 2.75) is 33.0 Å². The minimum absolute atomic E-state index is 0.157. The van der Waals surface area contributed by atoms with Gasteiger partial charge in [0.05, 0.1) is 51.8 Å². The molecule has 0 saturated carbocycles. The van der Waals surface area contributed by atoms with E-state index in [1.807, 2.05) is 53.8 Å². The SMILES string of the molecule is Cc1ncc(C(=O)NCCN2C[C@@H](C)O[C@H](C)C2)cc1Nc1nn(C)c2c1cnn1cc(-c3cccnc3)cc21. The Bertz CT molecular complexity index is 1670. The van der Waals surface area contributed by atoms with Crippen LogP contribution in [-0.2, 0) is 11.8 Å². The van der Waals surface area contributed by atoms with E-state index in [4.69, 9.17) is 9.84 Å². The first kappa shape index (κ1) is 25.9. The summed E-state index contributed by atoms with van der Waals surface area (Å²) in [6, 6.07) is 7.86. The number of morpholine rings is 1.